The van der Waals surface area contributed by atoms with Crippen molar-refractivity contribution < 1.29 is 111 Å². The fourth-order valence-electron chi connectivity index (χ4n) is 7.47. The summed E-state index contributed by atoms with van der Waals surface area (Å²) in [6.07, 6.45) is 8.25. The summed E-state index contributed by atoms with van der Waals surface area (Å²) in [5.74, 6) is -12.7. The first-order valence-electron chi connectivity index (χ1n) is 28.2. The van der Waals surface area contributed by atoms with Crippen LogP contribution in [0.1, 0.15) is 80.9 Å². The molecule has 4 rings (SSSR count). The standard InChI is InChI=1S/C54H81F4N5O20S2/c1-2-14-63(81-17-13-61-54(67)82-40-7-6-8-40)53(66)39-36-43-42(62-44(59)37-39)38-41(84-43)9-4-3-5-12-60-45(64)10-15-71-18-20-73-22-24-75-26-28-77-30-32-79-34-35-80-33-31-78-29-27-76-25-23-74-21-19-72-16-11-46(65)83-51-47(55)49(57)52(85(68,69)70)50(58)48(51)56/h36,38,40H,2-35,37H2,1H3,(H2,59,62)(H,60,64)(H,61,67)(H,68,69,70). The molecule has 0 radical (unpaired) electrons. The lowest BCUT2D eigenvalue weighted by atomic mass is 9.96. The smallest absolute Gasteiger partial charge is 0.407 e. The van der Waals surface area contributed by atoms with Crippen LogP contribution in [-0.2, 0) is 87.9 Å². The van der Waals surface area contributed by atoms with Crippen molar-refractivity contribution in [1.82, 2.24) is 15.7 Å². The molecule has 0 unspecified atom stereocenters. The second-order valence-electron chi connectivity index (χ2n) is 18.7. The third-order valence-electron chi connectivity index (χ3n) is 12.0. The summed E-state index contributed by atoms with van der Waals surface area (Å²) in [5, 5.41) is 6.93. The minimum atomic E-state index is -5.65. The van der Waals surface area contributed by atoms with Crippen molar-refractivity contribution in [3.63, 3.8) is 0 Å². The van der Waals surface area contributed by atoms with Gasteiger partial charge in [0, 0.05) is 42.9 Å². The average Bonchev–Trinajstić information content (AvgIpc) is 3.76. The van der Waals surface area contributed by atoms with Gasteiger partial charge in [0.05, 0.1) is 156 Å². The van der Waals surface area contributed by atoms with E-state index in [2.05, 4.69) is 20.4 Å². The Hall–Kier alpha value is -5.00. The maximum Gasteiger partial charge on any atom is 0.407 e. The second-order valence-corrected chi connectivity index (χ2v) is 21.2. The van der Waals surface area contributed by atoms with E-state index in [4.69, 9.17) is 67.2 Å². The van der Waals surface area contributed by atoms with Crippen LogP contribution in [0.3, 0.4) is 0 Å². The number of rotatable bonds is 49. The molecule has 0 saturated heterocycles. The molecular weight excluding hydrogens is 1180 g/mol. The molecule has 0 atom stereocenters. The molecule has 0 bridgehead atoms. The lowest BCUT2D eigenvalue weighted by Gasteiger charge is -2.25. The predicted octanol–water partition coefficient (Wildman–Crippen LogP) is 5.16. The molecule has 1 aliphatic heterocycles. The normalized spacial score (nSPS) is 13.4. The van der Waals surface area contributed by atoms with E-state index in [-0.39, 0.29) is 76.9 Å². The van der Waals surface area contributed by atoms with Crippen LogP contribution in [-0.4, -0.2) is 212 Å². The van der Waals surface area contributed by atoms with E-state index in [0.717, 1.165) is 60.4 Å². The monoisotopic (exact) mass is 1260 g/mol. The van der Waals surface area contributed by atoms with Gasteiger partial charge in [-0.3, -0.25) is 23.8 Å². The van der Waals surface area contributed by atoms with Crippen LogP contribution in [0, 0.1) is 23.3 Å². The van der Waals surface area contributed by atoms with Crippen LogP contribution in [0.15, 0.2) is 21.5 Å². The van der Waals surface area contributed by atoms with Crippen molar-refractivity contribution >= 4 is 62.9 Å². The van der Waals surface area contributed by atoms with Gasteiger partial charge in [-0.15, -0.1) is 11.3 Å². The van der Waals surface area contributed by atoms with Crippen LogP contribution in [0.25, 0.3) is 6.08 Å². The number of carbonyl (C=O) groups excluding carboxylic acids is 4. The van der Waals surface area contributed by atoms with Gasteiger partial charge in [0.25, 0.3) is 5.91 Å². The number of amidine groups is 1. The Morgan fingerprint density at radius 2 is 1.16 bits per heavy atom. The number of fused-ring (bicyclic) bond motifs is 1. The number of hydrogen-bond acceptors (Lipinski definition) is 22. The number of halogens is 4. The zero-order valence-corrected chi connectivity index (χ0v) is 49.6. The van der Waals surface area contributed by atoms with E-state index in [9.17, 15) is 45.2 Å². The first kappa shape index (κ1) is 72.5. The third-order valence-corrected chi connectivity index (χ3v) is 14.0. The van der Waals surface area contributed by atoms with Gasteiger partial charge in [-0.25, -0.2) is 23.6 Å². The first-order chi connectivity index (χ1) is 41.1. The average molecular weight is 1260 g/mol. The second kappa shape index (κ2) is 42.8. The highest BCUT2D eigenvalue weighted by Crippen LogP contribution is 2.36. The van der Waals surface area contributed by atoms with Crippen LogP contribution in [0.4, 0.5) is 28.0 Å². The zero-order valence-electron chi connectivity index (χ0n) is 48.0. The van der Waals surface area contributed by atoms with Crippen LogP contribution in [0.2, 0.25) is 0 Å². The number of ether oxygens (including phenoxy) is 12. The molecule has 1 saturated carbocycles. The molecule has 5 N–H and O–H groups in total. The summed E-state index contributed by atoms with van der Waals surface area (Å²) in [7, 11) is -5.65. The van der Waals surface area contributed by atoms with E-state index >= 15 is 0 Å². The van der Waals surface area contributed by atoms with E-state index in [1.807, 2.05) is 19.1 Å². The Kier molecular flexibility index (Phi) is 36.5. The first-order valence-corrected chi connectivity index (χ1v) is 30.5. The van der Waals surface area contributed by atoms with Crippen molar-refractivity contribution in [2.75, 3.05) is 158 Å². The molecular formula is C54H81F4N5O20S2. The molecule has 0 spiro atoms. The largest absolute Gasteiger partial charge is 0.446 e. The molecule has 1 fully saturated rings. The van der Waals surface area contributed by atoms with Gasteiger partial charge >= 0.3 is 22.2 Å². The summed E-state index contributed by atoms with van der Waals surface area (Å²) < 4.78 is 150. The molecule has 2 aromatic rings. The maximum atomic E-state index is 14.0. The van der Waals surface area contributed by atoms with Gasteiger partial charge < -0.3 is 73.2 Å². The van der Waals surface area contributed by atoms with Crippen LogP contribution < -0.4 is 21.1 Å². The Bertz CT molecular complexity index is 2460. The highest BCUT2D eigenvalue weighted by atomic mass is 32.2. The number of benzene rings is 1. The van der Waals surface area contributed by atoms with E-state index in [1.165, 1.54) is 5.06 Å². The van der Waals surface area contributed by atoms with Gasteiger partial charge in [-0.05, 0) is 57.1 Å². The minimum absolute atomic E-state index is 0.0159. The number of esters is 1. The van der Waals surface area contributed by atoms with E-state index in [1.54, 1.807) is 11.3 Å². The summed E-state index contributed by atoms with van der Waals surface area (Å²) >= 11 is 1.58. The molecule has 2 heterocycles. The number of amides is 3. The number of nitrogens with zero attached hydrogens (tertiary/aromatic N) is 2. The number of nitrogens with one attached hydrogen (secondary N) is 2. The van der Waals surface area contributed by atoms with Crippen molar-refractivity contribution in [1.29, 1.82) is 0 Å². The number of aliphatic imine (C=N–C) groups is 1. The van der Waals surface area contributed by atoms with Crippen molar-refractivity contribution in [3.8, 4) is 5.75 Å². The van der Waals surface area contributed by atoms with Gasteiger partial charge in [-0.1, -0.05) is 13.3 Å². The molecule has 482 valence electrons. The fraction of sp³-hybridized carbons (Fsp3) is 0.685. The highest BCUT2D eigenvalue weighted by Gasteiger charge is 2.34. The molecule has 3 amide bonds. The molecule has 2 aliphatic rings. The van der Waals surface area contributed by atoms with Crippen molar-refractivity contribution in [2.24, 2.45) is 10.7 Å². The Labute approximate surface area is 496 Å². The summed E-state index contributed by atoms with van der Waals surface area (Å²) in [4.78, 5) is 59.7. The topological polar surface area (TPSA) is 308 Å². The maximum absolute atomic E-state index is 14.0. The lowest BCUT2D eigenvalue weighted by Crippen LogP contribution is -2.38. The molecule has 25 nitrogen and oxygen atoms in total. The number of nitrogens with two attached hydrogens (primary N) is 1. The number of carbonyl (C=O) groups is 4. The number of thiophene rings is 1. The quantitative estimate of drug-likeness (QED) is 0.0126. The van der Waals surface area contributed by atoms with Crippen molar-refractivity contribution in [2.45, 2.75) is 88.6 Å². The number of hydroxylamine groups is 2. The van der Waals surface area contributed by atoms with E-state index in [0.29, 0.717) is 130 Å². The van der Waals surface area contributed by atoms with Crippen molar-refractivity contribution in [3.05, 3.63) is 44.7 Å². The number of hydrogen-bond donors (Lipinski definition) is 4. The molecule has 1 aromatic heterocycles. The Morgan fingerprint density at radius 1 is 0.671 bits per heavy atom. The van der Waals surface area contributed by atoms with Crippen LogP contribution in [0.5, 0.6) is 5.75 Å². The molecule has 1 aliphatic carbocycles. The van der Waals surface area contributed by atoms with Gasteiger partial charge in [0.1, 0.15) is 11.9 Å². The minimum Gasteiger partial charge on any atom is -0.446 e. The fourth-order valence-corrected chi connectivity index (χ4v) is 9.21. The zero-order chi connectivity index (χ0) is 61.5. The number of alkyl carbamates (subject to hydrolysis) is 1. The Morgan fingerprint density at radius 3 is 1.64 bits per heavy atom. The van der Waals surface area contributed by atoms with Gasteiger partial charge in [0.15, 0.2) is 16.5 Å². The summed E-state index contributed by atoms with van der Waals surface area (Å²) in [5.41, 5.74) is 7.47. The van der Waals surface area contributed by atoms with Crippen LogP contribution >= 0.6 is 11.3 Å². The molecule has 85 heavy (non-hydrogen) atoms. The van der Waals surface area contributed by atoms with E-state index < -0.39 is 62.5 Å². The summed E-state index contributed by atoms with van der Waals surface area (Å²) in [6, 6.07) is 2.02. The predicted molar refractivity (Wildman–Crippen MR) is 298 cm³/mol. The lowest BCUT2D eigenvalue weighted by molar-refractivity contribution is -0.181. The highest BCUT2D eigenvalue weighted by molar-refractivity contribution is 7.85. The summed E-state index contributed by atoms with van der Waals surface area (Å²) in [6.45, 7) is 9.13. The van der Waals surface area contributed by atoms with Gasteiger partial charge in [0.2, 0.25) is 23.3 Å². The van der Waals surface area contributed by atoms with Gasteiger partial charge in [-0.2, -0.15) is 17.2 Å². The SMILES string of the molecule is CCCN(OCCNC(=O)OC1CCC1)C(=O)C1=Cc2sc(CCCCCNC(=O)CCOCCOCCOCCOCCOCCOCCOCCOCCOCCOCCC(=O)Oc3c(F)c(F)c(S(=O)(=O)O)c(F)c3F)cc2N=C(N)C1. The third kappa shape index (κ3) is 30.0. The molecule has 31 heteroatoms. The number of unbranched alkanes of at least 4 members (excludes halogenated alkanes) is 2. The molecule has 1 aromatic carbocycles. The Balaban J connectivity index is 0.836. The number of aryl methyl sites for hydroxylation is 1.